The summed E-state index contributed by atoms with van der Waals surface area (Å²) in [4.78, 5) is 33.2. The number of piperazine rings is 1. The molecule has 0 aliphatic carbocycles. The van der Waals surface area contributed by atoms with Crippen LogP contribution >= 0.6 is 11.6 Å². The van der Waals surface area contributed by atoms with E-state index in [-0.39, 0.29) is 11.9 Å². The van der Waals surface area contributed by atoms with Gasteiger partial charge in [-0.2, -0.15) is 0 Å². The van der Waals surface area contributed by atoms with Crippen LogP contribution < -0.4 is 5.32 Å². The van der Waals surface area contributed by atoms with Gasteiger partial charge in [0.1, 0.15) is 5.82 Å². The van der Waals surface area contributed by atoms with Gasteiger partial charge in [0.15, 0.2) is 0 Å². The fourth-order valence-electron chi connectivity index (χ4n) is 4.00. The van der Waals surface area contributed by atoms with Crippen molar-refractivity contribution in [2.75, 3.05) is 25.0 Å². The largest absolute Gasteiger partial charge is 0.337 e. The first kappa shape index (κ1) is 24.1. The van der Waals surface area contributed by atoms with Gasteiger partial charge in [-0.25, -0.2) is 4.39 Å². The Morgan fingerprint density at radius 3 is 2.66 bits per heavy atom. The molecule has 0 saturated carbocycles. The third-order valence-corrected chi connectivity index (χ3v) is 6.29. The van der Waals surface area contributed by atoms with Crippen molar-refractivity contribution in [2.24, 2.45) is 0 Å². The van der Waals surface area contributed by atoms with Crippen LogP contribution in [0.5, 0.6) is 0 Å². The van der Waals surface area contributed by atoms with Crippen molar-refractivity contribution in [1.82, 2.24) is 14.8 Å². The van der Waals surface area contributed by atoms with E-state index in [0.717, 1.165) is 30.6 Å². The summed E-state index contributed by atoms with van der Waals surface area (Å²) in [6, 6.07) is 4.49. The second kappa shape index (κ2) is 10.4. The zero-order valence-electron chi connectivity index (χ0n) is 19.0. The van der Waals surface area contributed by atoms with E-state index in [9.17, 15) is 14.0 Å². The zero-order chi connectivity index (χ0) is 23.4. The van der Waals surface area contributed by atoms with Crippen LogP contribution in [0.1, 0.15) is 53.9 Å². The van der Waals surface area contributed by atoms with Gasteiger partial charge in [0, 0.05) is 50.5 Å². The molecule has 0 bridgehead atoms. The molecule has 32 heavy (non-hydrogen) atoms. The topological polar surface area (TPSA) is 65.5 Å². The van der Waals surface area contributed by atoms with Crippen molar-refractivity contribution in [1.29, 1.82) is 0 Å². The smallest absolute Gasteiger partial charge is 0.257 e. The van der Waals surface area contributed by atoms with Crippen molar-refractivity contribution in [3.05, 3.63) is 57.6 Å². The second-order valence-electron chi connectivity index (χ2n) is 8.40. The van der Waals surface area contributed by atoms with Crippen molar-refractivity contribution in [3.8, 4) is 0 Å². The van der Waals surface area contributed by atoms with Crippen LogP contribution in [0.25, 0.3) is 0 Å². The van der Waals surface area contributed by atoms with Crippen molar-refractivity contribution >= 4 is 29.1 Å². The predicted molar refractivity (Wildman–Crippen MR) is 124 cm³/mol. The van der Waals surface area contributed by atoms with Crippen LogP contribution in [0.3, 0.4) is 0 Å². The number of pyridine rings is 1. The maximum absolute atomic E-state index is 14.4. The summed E-state index contributed by atoms with van der Waals surface area (Å²) in [6.45, 7) is 10.3. The molecule has 1 unspecified atom stereocenters. The number of rotatable bonds is 6. The van der Waals surface area contributed by atoms with E-state index in [1.165, 1.54) is 18.3 Å². The highest BCUT2D eigenvalue weighted by Crippen LogP contribution is 2.25. The van der Waals surface area contributed by atoms with Crippen molar-refractivity contribution in [2.45, 2.75) is 53.1 Å². The zero-order valence-corrected chi connectivity index (χ0v) is 19.8. The number of halogens is 2. The van der Waals surface area contributed by atoms with Gasteiger partial charge in [0.05, 0.1) is 16.3 Å². The molecule has 3 rings (SSSR count). The van der Waals surface area contributed by atoms with Crippen LogP contribution in [0.4, 0.5) is 10.1 Å². The first-order valence-electron chi connectivity index (χ1n) is 10.9. The molecule has 0 spiro atoms. The number of carbonyl (C=O) groups is 2. The maximum atomic E-state index is 14.4. The normalized spacial score (nSPS) is 16.8. The highest BCUT2D eigenvalue weighted by molar-refractivity contribution is 6.31. The molecule has 6 nitrogen and oxygen atoms in total. The molecule has 1 atom stereocenters. The summed E-state index contributed by atoms with van der Waals surface area (Å²) >= 11 is 6.08. The van der Waals surface area contributed by atoms with Gasteiger partial charge >= 0.3 is 0 Å². The summed E-state index contributed by atoms with van der Waals surface area (Å²) < 4.78 is 14.4. The molecule has 1 aliphatic rings. The van der Waals surface area contributed by atoms with E-state index >= 15 is 0 Å². The number of aryl methyl sites for hydroxylation is 1. The monoisotopic (exact) mass is 460 g/mol. The Labute approximate surface area is 193 Å². The van der Waals surface area contributed by atoms with E-state index in [2.05, 4.69) is 15.2 Å². The first-order chi connectivity index (χ1) is 15.2. The summed E-state index contributed by atoms with van der Waals surface area (Å²) in [5.74, 6) is -0.612. The quantitative estimate of drug-likeness (QED) is 0.685. The Balaban J connectivity index is 1.72. The van der Waals surface area contributed by atoms with Crippen LogP contribution in [-0.4, -0.2) is 52.3 Å². The number of nitrogens with zero attached hydrogens (tertiary/aromatic N) is 3. The summed E-state index contributed by atoms with van der Waals surface area (Å²) in [5, 5.41) is 3.19. The average Bonchev–Trinajstić information content (AvgIpc) is 2.73. The number of hydrogen-bond donors (Lipinski definition) is 1. The lowest BCUT2D eigenvalue weighted by Crippen LogP contribution is -2.53. The molecule has 1 fully saturated rings. The summed E-state index contributed by atoms with van der Waals surface area (Å²) in [6.07, 6.45) is 2.86. The average molecular weight is 461 g/mol. The Bertz CT molecular complexity index is 1010. The minimum atomic E-state index is -0.411. The molecule has 172 valence electrons. The van der Waals surface area contributed by atoms with Gasteiger partial charge < -0.3 is 10.2 Å². The molecule has 8 heteroatoms. The van der Waals surface area contributed by atoms with Crippen molar-refractivity contribution in [3.63, 3.8) is 0 Å². The molecule has 1 saturated heterocycles. The lowest BCUT2D eigenvalue weighted by Gasteiger charge is -2.40. The standard InChI is InChI=1S/C24H30ClFN4O2/c1-5-6-23(31)30-8-7-29(13-15(30)2)14-19-9-20(26)11-22(16(19)3)28-24(32)18-10-21(25)17(4)27-12-18/h9-12,15H,5-8,13-14H2,1-4H3,(H,28,32). The molecule has 1 N–H and O–H groups in total. The predicted octanol–water partition coefficient (Wildman–Crippen LogP) is 4.58. The molecule has 2 aromatic rings. The van der Waals surface area contributed by atoms with Crippen LogP contribution in [-0.2, 0) is 11.3 Å². The minimum Gasteiger partial charge on any atom is -0.337 e. The molecule has 2 amide bonds. The third kappa shape index (κ3) is 5.64. The van der Waals surface area contributed by atoms with Crippen LogP contribution in [0, 0.1) is 19.7 Å². The number of nitrogens with one attached hydrogen (secondary N) is 1. The number of hydrogen-bond acceptors (Lipinski definition) is 4. The van der Waals surface area contributed by atoms with E-state index in [4.69, 9.17) is 11.6 Å². The fraction of sp³-hybridized carbons (Fsp3) is 0.458. The highest BCUT2D eigenvalue weighted by atomic mass is 35.5. The lowest BCUT2D eigenvalue weighted by atomic mass is 10.0. The maximum Gasteiger partial charge on any atom is 0.257 e. The first-order valence-corrected chi connectivity index (χ1v) is 11.3. The number of amides is 2. The van der Waals surface area contributed by atoms with E-state index in [0.29, 0.717) is 41.5 Å². The molecule has 1 aromatic carbocycles. The molecule has 0 radical (unpaired) electrons. The van der Waals surface area contributed by atoms with E-state index < -0.39 is 11.7 Å². The van der Waals surface area contributed by atoms with Gasteiger partial charge in [-0.1, -0.05) is 18.5 Å². The van der Waals surface area contributed by atoms with Gasteiger partial charge in [-0.3, -0.25) is 19.5 Å². The summed E-state index contributed by atoms with van der Waals surface area (Å²) in [5.41, 5.74) is 2.99. The van der Waals surface area contributed by atoms with E-state index in [1.54, 1.807) is 13.0 Å². The minimum absolute atomic E-state index is 0.106. The van der Waals surface area contributed by atoms with E-state index in [1.807, 2.05) is 25.7 Å². The Kier molecular flexibility index (Phi) is 7.85. The number of aromatic nitrogens is 1. The Morgan fingerprint density at radius 2 is 2.00 bits per heavy atom. The van der Waals surface area contributed by atoms with Gasteiger partial charge in [-0.15, -0.1) is 0 Å². The lowest BCUT2D eigenvalue weighted by molar-refractivity contribution is -0.135. The Hall–Kier alpha value is -2.51. The number of benzene rings is 1. The van der Waals surface area contributed by atoms with Crippen molar-refractivity contribution < 1.29 is 14.0 Å². The third-order valence-electron chi connectivity index (χ3n) is 5.91. The number of carbonyl (C=O) groups excluding carboxylic acids is 2. The Morgan fingerprint density at radius 1 is 1.25 bits per heavy atom. The molecular weight excluding hydrogens is 431 g/mol. The fourth-order valence-corrected chi connectivity index (χ4v) is 4.17. The molecule has 1 aromatic heterocycles. The van der Waals surface area contributed by atoms with Gasteiger partial charge in [0.2, 0.25) is 5.91 Å². The van der Waals surface area contributed by atoms with Crippen LogP contribution in [0.15, 0.2) is 24.4 Å². The second-order valence-corrected chi connectivity index (χ2v) is 8.81. The highest BCUT2D eigenvalue weighted by Gasteiger charge is 2.27. The van der Waals surface area contributed by atoms with Gasteiger partial charge in [0.25, 0.3) is 5.91 Å². The molecular formula is C24H30ClFN4O2. The molecule has 2 heterocycles. The number of anilines is 1. The summed E-state index contributed by atoms with van der Waals surface area (Å²) in [7, 11) is 0. The molecule has 1 aliphatic heterocycles. The van der Waals surface area contributed by atoms with Gasteiger partial charge in [-0.05, 0) is 56.5 Å². The van der Waals surface area contributed by atoms with Crippen LogP contribution in [0.2, 0.25) is 5.02 Å². The SMILES string of the molecule is CCCC(=O)N1CCN(Cc2cc(F)cc(NC(=O)c3cnc(C)c(Cl)c3)c2C)CC1C.